The Labute approximate surface area is 316 Å². The van der Waals surface area contributed by atoms with Crippen molar-refractivity contribution in [1.82, 2.24) is 5.32 Å². The maximum absolute atomic E-state index is 12.3. The van der Waals surface area contributed by atoms with Crippen molar-refractivity contribution < 1.29 is 24.5 Å². The lowest BCUT2D eigenvalue weighted by Crippen LogP contribution is -2.45. The van der Waals surface area contributed by atoms with Crippen molar-refractivity contribution in [2.24, 2.45) is 0 Å². The summed E-state index contributed by atoms with van der Waals surface area (Å²) in [7, 11) is 0. The minimum Gasteiger partial charge on any atom is -0.466 e. The summed E-state index contributed by atoms with van der Waals surface area (Å²) >= 11 is 0. The number of aliphatic hydroxyl groups is 2. The van der Waals surface area contributed by atoms with Crippen LogP contribution in [0.4, 0.5) is 0 Å². The van der Waals surface area contributed by atoms with Gasteiger partial charge < -0.3 is 20.3 Å². The molecular weight excluding hydrogens is 634 g/mol. The Balaban J connectivity index is 3.51. The molecular formula is C45H85NO5. The number of hydrogen-bond acceptors (Lipinski definition) is 5. The van der Waals surface area contributed by atoms with Crippen LogP contribution in [-0.2, 0) is 14.3 Å². The minimum absolute atomic E-state index is 0.0361. The third-order valence-electron chi connectivity index (χ3n) is 9.97. The molecule has 0 aliphatic carbocycles. The maximum atomic E-state index is 12.3. The number of amides is 1. The van der Waals surface area contributed by atoms with Crippen LogP contribution >= 0.6 is 0 Å². The van der Waals surface area contributed by atoms with Gasteiger partial charge in [0.15, 0.2) is 0 Å². The number of esters is 1. The van der Waals surface area contributed by atoms with Gasteiger partial charge in [0.2, 0.25) is 5.91 Å². The SMILES string of the molecule is CCCCCCCCC/C=C\CCCCCCCC(=O)OCCCCCCCCCCCC(=O)NC(CO)C(O)/C=C/CCCCCCCCC. The van der Waals surface area contributed by atoms with Gasteiger partial charge in [-0.3, -0.25) is 9.59 Å². The molecule has 0 radical (unpaired) electrons. The fourth-order valence-electron chi connectivity index (χ4n) is 6.51. The summed E-state index contributed by atoms with van der Waals surface area (Å²) in [6.07, 6.45) is 45.9. The Kier molecular flexibility index (Phi) is 39.8. The summed E-state index contributed by atoms with van der Waals surface area (Å²) in [4.78, 5) is 24.3. The lowest BCUT2D eigenvalue weighted by Gasteiger charge is -2.20. The summed E-state index contributed by atoms with van der Waals surface area (Å²) < 4.78 is 5.43. The van der Waals surface area contributed by atoms with Crippen molar-refractivity contribution >= 4 is 11.9 Å². The van der Waals surface area contributed by atoms with E-state index in [1.54, 1.807) is 6.08 Å². The number of carbonyl (C=O) groups is 2. The van der Waals surface area contributed by atoms with Gasteiger partial charge in [0, 0.05) is 12.8 Å². The Morgan fingerprint density at radius 1 is 0.529 bits per heavy atom. The van der Waals surface area contributed by atoms with Crippen molar-refractivity contribution in [1.29, 1.82) is 0 Å². The molecule has 0 saturated heterocycles. The number of unbranched alkanes of at least 4 members (excludes halogenated alkanes) is 27. The first-order valence-corrected chi connectivity index (χ1v) is 22.1. The van der Waals surface area contributed by atoms with Gasteiger partial charge in [-0.25, -0.2) is 0 Å². The van der Waals surface area contributed by atoms with E-state index in [0.29, 0.717) is 19.4 Å². The highest BCUT2D eigenvalue weighted by Crippen LogP contribution is 2.14. The summed E-state index contributed by atoms with van der Waals surface area (Å²) in [5.41, 5.74) is 0. The molecule has 2 unspecified atom stereocenters. The topological polar surface area (TPSA) is 95.9 Å². The first-order valence-electron chi connectivity index (χ1n) is 22.1. The molecule has 1 amide bonds. The number of hydrogen-bond donors (Lipinski definition) is 3. The molecule has 0 rings (SSSR count). The zero-order valence-electron chi connectivity index (χ0n) is 33.8. The molecule has 0 fully saturated rings. The highest BCUT2D eigenvalue weighted by Gasteiger charge is 2.18. The molecule has 300 valence electrons. The van der Waals surface area contributed by atoms with Crippen LogP contribution in [0.3, 0.4) is 0 Å². The summed E-state index contributed by atoms with van der Waals surface area (Å²) in [6.45, 7) is 4.79. The summed E-state index contributed by atoms with van der Waals surface area (Å²) in [5, 5.41) is 22.8. The second-order valence-corrected chi connectivity index (χ2v) is 15.0. The Hall–Kier alpha value is -1.66. The molecule has 3 N–H and O–H groups in total. The largest absolute Gasteiger partial charge is 0.466 e. The molecule has 0 heterocycles. The van der Waals surface area contributed by atoms with Crippen molar-refractivity contribution in [3.8, 4) is 0 Å². The average Bonchev–Trinajstić information content (AvgIpc) is 3.13. The van der Waals surface area contributed by atoms with E-state index in [-0.39, 0.29) is 18.5 Å². The number of aliphatic hydroxyl groups excluding tert-OH is 2. The van der Waals surface area contributed by atoms with Crippen molar-refractivity contribution in [2.75, 3.05) is 13.2 Å². The van der Waals surface area contributed by atoms with Crippen LogP contribution < -0.4 is 5.32 Å². The Bertz CT molecular complexity index is 797. The van der Waals surface area contributed by atoms with E-state index in [9.17, 15) is 19.8 Å². The lowest BCUT2D eigenvalue weighted by atomic mass is 10.1. The molecule has 6 heteroatoms. The van der Waals surface area contributed by atoms with Crippen LogP contribution in [0, 0.1) is 0 Å². The van der Waals surface area contributed by atoms with Crippen LogP contribution in [0.25, 0.3) is 0 Å². The number of rotatable bonds is 40. The van der Waals surface area contributed by atoms with Gasteiger partial charge in [0.1, 0.15) is 0 Å². The number of carbonyl (C=O) groups excluding carboxylic acids is 2. The van der Waals surface area contributed by atoms with Gasteiger partial charge in [-0.1, -0.05) is 179 Å². The van der Waals surface area contributed by atoms with Crippen LogP contribution in [0.2, 0.25) is 0 Å². The number of allylic oxidation sites excluding steroid dienone is 3. The monoisotopic (exact) mass is 720 g/mol. The van der Waals surface area contributed by atoms with Crippen LogP contribution in [0.15, 0.2) is 24.3 Å². The molecule has 0 aromatic carbocycles. The molecule has 0 aliphatic heterocycles. The van der Waals surface area contributed by atoms with Crippen molar-refractivity contribution in [2.45, 2.75) is 238 Å². The molecule has 0 bridgehead atoms. The third-order valence-corrected chi connectivity index (χ3v) is 9.97. The second kappa shape index (κ2) is 41.1. The van der Waals surface area contributed by atoms with Crippen molar-refractivity contribution in [3.63, 3.8) is 0 Å². The van der Waals surface area contributed by atoms with Gasteiger partial charge in [0.25, 0.3) is 0 Å². The Morgan fingerprint density at radius 3 is 1.39 bits per heavy atom. The van der Waals surface area contributed by atoms with E-state index in [1.165, 1.54) is 141 Å². The highest BCUT2D eigenvalue weighted by atomic mass is 16.5. The summed E-state index contributed by atoms with van der Waals surface area (Å²) in [6, 6.07) is -0.645. The van der Waals surface area contributed by atoms with Crippen LogP contribution in [0.5, 0.6) is 0 Å². The van der Waals surface area contributed by atoms with E-state index in [1.807, 2.05) is 6.08 Å². The highest BCUT2D eigenvalue weighted by molar-refractivity contribution is 5.76. The molecule has 51 heavy (non-hydrogen) atoms. The van der Waals surface area contributed by atoms with Gasteiger partial charge in [-0.05, 0) is 57.8 Å². The van der Waals surface area contributed by atoms with E-state index in [2.05, 4.69) is 31.3 Å². The molecule has 0 aromatic heterocycles. The predicted molar refractivity (Wildman–Crippen MR) is 218 cm³/mol. The van der Waals surface area contributed by atoms with E-state index in [4.69, 9.17) is 4.74 Å². The molecule has 0 saturated carbocycles. The fraction of sp³-hybridized carbons (Fsp3) is 0.867. The first-order chi connectivity index (χ1) is 25.0. The minimum atomic E-state index is -0.859. The van der Waals surface area contributed by atoms with Crippen LogP contribution in [0.1, 0.15) is 226 Å². The molecule has 6 nitrogen and oxygen atoms in total. The predicted octanol–water partition coefficient (Wildman–Crippen LogP) is 12.4. The fourth-order valence-corrected chi connectivity index (χ4v) is 6.51. The molecule has 0 spiro atoms. The van der Waals surface area contributed by atoms with Gasteiger partial charge >= 0.3 is 5.97 Å². The Morgan fingerprint density at radius 2 is 0.922 bits per heavy atom. The standard InChI is InChI=1S/C45H85NO5/c1-3-5-7-9-11-13-14-15-16-17-18-19-23-27-31-35-39-45(50)51-40-36-32-28-24-20-22-26-30-34-38-44(49)46-42(41-47)43(48)37-33-29-25-21-12-10-8-6-4-2/h16-17,33,37,42-43,47-48H,3-15,18-32,34-36,38-41H2,1-2H3,(H,46,49)/b17-16-,37-33+. The smallest absolute Gasteiger partial charge is 0.305 e. The molecule has 0 aromatic rings. The second-order valence-electron chi connectivity index (χ2n) is 15.0. The quantitative estimate of drug-likeness (QED) is 0.0333. The van der Waals surface area contributed by atoms with Gasteiger partial charge in [0.05, 0.1) is 25.4 Å². The van der Waals surface area contributed by atoms with E-state index >= 15 is 0 Å². The average molecular weight is 720 g/mol. The van der Waals surface area contributed by atoms with Crippen LogP contribution in [-0.4, -0.2) is 47.4 Å². The zero-order chi connectivity index (χ0) is 37.3. The number of nitrogens with one attached hydrogen (secondary N) is 1. The van der Waals surface area contributed by atoms with Gasteiger partial charge in [-0.2, -0.15) is 0 Å². The normalized spacial score (nSPS) is 12.9. The molecule has 0 aliphatic rings. The zero-order valence-corrected chi connectivity index (χ0v) is 33.8. The van der Waals surface area contributed by atoms with E-state index < -0.39 is 12.1 Å². The molecule has 2 atom stereocenters. The van der Waals surface area contributed by atoms with Gasteiger partial charge in [-0.15, -0.1) is 0 Å². The first kappa shape index (κ1) is 49.3. The lowest BCUT2D eigenvalue weighted by molar-refractivity contribution is -0.143. The van der Waals surface area contributed by atoms with E-state index in [0.717, 1.165) is 57.8 Å². The van der Waals surface area contributed by atoms with Crippen molar-refractivity contribution in [3.05, 3.63) is 24.3 Å². The maximum Gasteiger partial charge on any atom is 0.305 e. The third kappa shape index (κ3) is 37.9. The number of ether oxygens (including phenoxy) is 1. The summed E-state index contributed by atoms with van der Waals surface area (Å²) in [5.74, 6) is -0.136.